The van der Waals surface area contributed by atoms with E-state index in [1.807, 2.05) is 0 Å². The highest BCUT2D eigenvalue weighted by molar-refractivity contribution is 5.83. The fourth-order valence-corrected chi connectivity index (χ4v) is 1.22. The summed E-state index contributed by atoms with van der Waals surface area (Å²) in [5.74, 6) is -0.285. The maximum atomic E-state index is 10.7. The van der Waals surface area contributed by atoms with Crippen LogP contribution in [0.15, 0.2) is 24.3 Å². The summed E-state index contributed by atoms with van der Waals surface area (Å²) < 4.78 is 5.02. The molecule has 1 aromatic rings. The van der Waals surface area contributed by atoms with Gasteiger partial charge in [-0.1, -0.05) is 12.2 Å². The molecule has 0 saturated carbocycles. The highest BCUT2D eigenvalue weighted by Crippen LogP contribution is 2.17. The number of aldehydes is 1. The molecular formula is C12H12O4. The predicted octanol–water partition coefficient (Wildman–Crippen LogP) is 2.00. The monoisotopic (exact) mass is 220 g/mol. The fraction of sp³-hybridized carbons (Fsp3) is 0.167. The number of carbonyl (C=O) groups excluding carboxylic acids is 1. The number of benzene rings is 1. The molecule has 0 amide bonds. The summed E-state index contributed by atoms with van der Waals surface area (Å²) in [6.45, 7) is 0. The molecule has 0 spiro atoms. The Labute approximate surface area is 93.2 Å². The van der Waals surface area contributed by atoms with Crippen LogP contribution in [0.4, 0.5) is 0 Å². The van der Waals surface area contributed by atoms with Crippen LogP contribution in [0.2, 0.25) is 0 Å². The molecule has 0 atom stereocenters. The maximum Gasteiger partial charge on any atom is 0.307 e. The highest BCUT2D eigenvalue weighted by atomic mass is 16.5. The fourth-order valence-electron chi connectivity index (χ4n) is 1.22. The van der Waals surface area contributed by atoms with Crippen molar-refractivity contribution in [2.75, 3.05) is 7.11 Å². The minimum absolute atomic E-state index is 0.0739. The van der Waals surface area contributed by atoms with Gasteiger partial charge in [0.2, 0.25) is 0 Å². The lowest BCUT2D eigenvalue weighted by Crippen LogP contribution is -1.91. The Morgan fingerprint density at radius 3 is 2.75 bits per heavy atom. The van der Waals surface area contributed by atoms with Crippen molar-refractivity contribution < 1.29 is 19.4 Å². The van der Waals surface area contributed by atoms with Gasteiger partial charge in [-0.2, -0.15) is 0 Å². The zero-order valence-corrected chi connectivity index (χ0v) is 8.84. The van der Waals surface area contributed by atoms with Crippen molar-refractivity contribution in [1.82, 2.24) is 0 Å². The molecule has 1 aromatic carbocycles. The second-order valence-corrected chi connectivity index (χ2v) is 3.11. The zero-order chi connectivity index (χ0) is 12.0. The van der Waals surface area contributed by atoms with Gasteiger partial charge in [-0.25, -0.2) is 0 Å². The van der Waals surface area contributed by atoms with E-state index >= 15 is 0 Å². The predicted molar refractivity (Wildman–Crippen MR) is 59.7 cm³/mol. The molecule has 4 heteroatoms. The van der Waals surface area contributed by atoms with E-state index in [0.717, 1.165) is 6.29 Å². The van der Waals surface area contributed by atoms with Gasteiger partial charge >= 0.3 is 5.97 Å². The van der Waals surface area contributed by atoms with E-state index in [4.69, 9.17) is 9.84 Å². The van der Waals surface area contributed by atoms with E-state index in [0.29, 0.717) is 16.9 Å². The first kappa shape index (κ1) is 12.0. The van der Waals surface area contributed by atoms with Gasteiger partial charge in [-0.05, 0) is 23.8 Å². The Kier molecular flexibility index (Phi) is 4.27. The lowest BCUT2D eigenvalue weighted by molar-refractivity contribution is -0.135. The molecule has 0 aliphatic rings. The minimum Gasteiger partial charge on any atom is -0.497 e. The van der Waals surface area contributed by atoms with E-state index < -0.39 is 5.97 Å². The van der Waals surface area contributed by atoms with Crippen molar-refractivity contribution >= 4 is 18.3 Å². The molecule has 1 rings (SSSR count). The minimum atomic E-state index is -0.910. The molecule has 84 valence electrons. The Bertz CT molecular complexity index is 421. The maximum absolute atomic E-state index is 10.7. The summed E-state index contributed by atoms with van der Waals surface area (Å²) in [5.41, 5.74) is 1.15. The number of aliphatic carboxylic acids is 1. The SMILES string of the molecule is COc1ccc(C=O)c(C=CCC(=O)O)c1. The van der Waals surface area contributed by atoms with Crippen molar-refractivity contribution in [3.8, 4) is 5.75 Å². The van der Waals surface area contributed by atoms with Crippen LogP contribution in [0.5, 0.6) is 5.75 Å². The van der Waals surface area contributed by atoms with Crippen molar-refractivity contribution in [3.05, 3.63) is 35.4 Å². The number of carboxylic acids is 1. The second kappa shape index (κ2) is 5.70. The summed E-state index contributed by atoms with van der Waals surface area (Å²) in [7, 11) is 1.53. The molecule has 0 unspecified atom stereocenters. The van der Waals surface area contributed by atoms with Crippen LogP contribution in [0.25, 0.3) is 6.08 Å². The Morgan fingerprint density at radius 2 is 2.19 bits per heavy atom. The first-order valence-electron chi connectivity index (χ1n) is 4.69. The number of hydrogen-bond donors (Lipinski definition) is 1. The van der Waals surface area contributed by atoms with Gasteiger partial charge < -0.3 is 9.84 Å². The van der Waals surface area contributed by atoms with Crippen LogP contribution in [0, 0.1) is 0 Å². The van der Waals surface area contributed by atoms with E-state index in [-0.39, 0.29) is 6.42 Å². The van der Waals surface area contributed by atoms with Gasteiger partial charge in [-0.15, -0.1) is 0 Å². The second-order valence-electron chi connectivity index (χ2n) is 3.11. The summed E-state index contributed by atoms with van der Waals surface area (Å²) in [6.07, 6.45) is 3.74. The third-order valence-corrected chi connectivity index (χ3v) is 2.01. The normalized spacial score (nSPS) is 10.3. The van der Waals surface area contributed by atoms with E-state index in [9.17, 15) is 9.59 Å². The number of methoxy groups -OCH3 is 1. The van der Waals surface area contributed by atoms with Gasteiger partial charge in [0.1, 0.15) is 5.75 Å². The lowest BCUT2D eigenvalue weighted by atomic mass is 10.1. The molecule has 0 radical (unpaired) electrons. The molecule has 0 bridgehead atoms. The molecule has 1 N–H and O–H groups in total. The molecule has 0 heterocycles. The summed E-state index contributed by atoms with van der Waals surface area (Å²) >= 11 is 0. The number of carboxylic acid groups (broad SMARTS) is 1. The lowest BCUT2D eigenvalue weighted by Gasteiger charge is -2.03. The molecule has 0 aliphatic heterocycles. The van der Waals surface area contributed by atoms with Gasteiger partial charge in [-0.3, -0.25) is 9.59 Å². The molecular weight excluding hydrogens is 208 g/mol. The third-order valence-electron chi connectivity index (χ3n) is 2.01. The molecule has 4 nitrogen and oxygen atoms in total. The van der Waals surface area contributed by atoms with Crippen LogP contribution in [-0.2, 0) is 4.79 Å². The molecule has 0 fully saturated rings. The Morgan fingerprint density at radius 1 is 1.44 bits per heavy atom. The number of hydrogen-bond acceptors (Lipinski definition) is 3. The Hall–Kier alpha value is -2.10. The average Bonchev–Trinajstić information content (AvgIpc) is 2.28. The summed E-state index contributed by atoms with van der Waals surface area (Å²) in [5, 5.41) is 8.47. The molecule has 0 aromatic heterocycles. The number of ether oxygens (including phenoxy) is 1. The van der Waals surface area contributed by atoms with E-state index in [1.54, 1.807) is 24.3 Å². The first-order chi connectivity index (χ1) is 7.67. The summed E-state index contributed by atoms with van der Waals surface area (Å²) in [6, 6.07) is 4.99. The molecule has 0 aliphatic carbocycles. The largest absolute Gasteiger partial charge is 0.497 e. The van der Waals surface area contributed by atoms with Crippen molar-refractivity contribution in [1.29, 1.82) is 0 Å². The van der Waals surface area contributed by atoms with Gasteiger partial charge in [0, 0.05) is 5.56 Å². The topological polar surface area (TPSA) is 63.6 Å². The highest BCUT2D eigenvalue weighted by Gasteiger charge is 2.00. The van der Waals surface area contributed by atoms with Gasteiger partial charge in [0.25, 0.3) is 0 Å². The van der Waals surface area contributed by atoms with E-state index in [2.05, 4.69) is 0 Å². The van der Waals surface area contributed by atoms with E-state index in [1.165, 1.54) is 13.2 Å². The van der Waals surface area contributed by atoms with Crippen molar-refractivity contribution in [3.63, 3.8) is 0 Å². The molecule has 16 heavy (non-hydrogen) atoms. The first-order valence-corrected chi connectivity index (χ1v) is 4.69. The number of rotatable bonds is 5. The zero-order valence-electron chi connectivity index (χ0n) is 8.84. The van der Waals surface area contributed by atoms with Crippen LogP contribution in [0.1, 0.15) is 22.3 Å². The van der Waals surface area contributed by atoms with Gasteiger partial charge in [0.05, 0.1) is 13.5 Å². The summed E-state index contributed by atoms with van der Waals surface area (Å²) in [4.78, 5) is 21.1. The van der Waals surface area contributed by atoms with Crippen LogP contribution >= 0.6 is 0 Å². The Balaban J connectivity index is 2.95. The third kappa shape index (κ3) is 3.24. The van der Waals surface area contributed by atoms with Crippen LogP contribution in [-0.4, -0.2) is 24.5 Å². The standard InChI is InChI=1S/C12H12O4/c1-16-11-6-5-10(8-13)9(7-11)3-2-4-12(14)15/h2-3,5-8H,4H2,1H3,(H,14,15). The average molecular weight is 220 g/mol. The molecule has 0 saturated heterocycles. The van der Waals surface area contributed by atoms with Crippen molar-refractivity contribution in [2.45, 2.75) is 6.42 Å². The van der Waals surface area contributed by atoms with Gasteiger partial charge in [0.15, 0.2) is 6.29 Å². The quantitative estimate of drug-likeness (QED) is 0.771. The van der Waals surface area contributed by atoms with Crippen LogP contribution in [0.3, 0.4) is 0 Å². The van der Waals surface area contributed by atoms with Crippen molar-refractivity contribution in [2.24, 2.45) is 0 Å². The smallest absolute Gasteiger partial charge is 0.307 e. The number of carbonyl (C=O) groups is 2. The van der Waals surface area contributed by atoms with Crippen LogP contribution < -0.4 is 4.74 Å².